The molecule has 0 spiro atoms. The molecule has 29 heavy (non-hydrogen) atoms. The van der Waals surface area contributed by atoms with Crippen LogP contribution in [0.2, 0.25) is 0 Å². The second-order valence-corrected chi connectivity index (χ2v) is 7.89. The molecule has 0 bridgehead atoms. The molecule has 0 saturated carbocycles. The van der Waals surface area contributed by atoms with Gasteiger partial charge in [-0.15, -0.1) is 11.3 Å². The molecule has 0 fully saturated rings. The third-order valence-electron chi connectivity index (χ3n) is 4.64. The zero-order chi connectivity index (χ0) is 21.1. The van der Waals surface area contributed by atoms with Crippen molar-refractivity contribution in [1.29, 1.82) is 0 Å². The van der Waals surface area contributed by atoms with Crippen molar-refractivity contribution in [2.45, 2.75) is 59.4 Å². The fraction of sp³-hybridized carbons (Fsp3) is 0.500. The van der Waals surface area contributed by atoms with Crippen LogP contribution in [0.25, 0.3) is 0 Å². The molecule has 1 heterocycles. The number of carbonyl (C=O) groups excluding carboxylic acids is 2. The molecule has 2 rings (SSSR count). The summed E-state index contributed by atoms with van der Waals surface area (Å²) in [5.41, 5.74) is 2.38. The molecule has 2 aromatic rings. The van der Waals surface area contributed by atoms with E-state index in [2.05, 4.69) is 36.4 Å². The summed E-state index contributed by atoms with van der Waals surface area (Å²) in [6.07, 6.45) is 4.75. The third-order valence-corrected chi connectivity index (χ3v) is 5.47. The van der Waals surface area contributed by atoms with Crippen LogP contribution in [0.15, 0.2) is 29.6 Å². The van der Waals surface area contributed by atoms with E-state index in [4.69, 9.17) is 0 Å². The number of aryl methyl sites for hydroxylation is 1. The minimum Gasteiger partial charge on any atom is -0.351 e. The number of amides is 3. The van der Waals surface area contributed by atoms with E-state index in [9.17, 15) is 9.59 Å². The molecule has 1 aromatic carbocycles. The van der Waals surface area contributed by atoms with Gasteiger partial charge in [0.25, 0.3) is 5.91 Å². The summed E-state index contributed by atoms with van der Waals surface area (Å²) in [6.45, 7) is 7.96. The van der Waals surface area contributed by atoms with Crippen LogP contribution in [-0.4, -0.2) is 34.9 Å². The van der Waals surface area contributed by atoms with E-state index < -0.39 is 0 Å². The lowest BCUT2D eigenvalue weighted by Gasteiger charge is -2.22. The minimum absolute atomic E-state index is 0.136. The summed E-state index contributed by atoms with van der Waals surface area (Å²) in [5, 5.41) is 8.45. The highest BCUT2D eigenvalue weighted by atomic mass is 32.1. The van der Waals surface area contributed by atoms with Gasteiger partial charge in [-0.05, 0) is 30.9 Å². The van der Waals surface area contributed by atoms with E-state index in [1.54, 1.807) is 10.3 Å². The average molecular weight is 417 g/mol. The van der Waals surface area contributed by atoms with Crippen molar-refractivity contribution in [3.8, 4) is 0 Å². The van der Waals surface area contributed by atoms with Gasteiger partial charge in [-0.25, -0.2) is 9.78 Å². The summed E-state index contributed by atoms with van der Waals surface area (Å²) >= 11 is 1.42. The quantitative estimate of drug-likeness (QED) is 0.502. The first-order valence-electron chi connectivity index (χ1n) is 10.4. The molecule has 2 N–H and O–H groups in total. The fourth-order valence-electron chi connectivity index (χ4n) is 2.87. The van der Waals surface area contributed by atoms with Crippen molar-refractivity contribution in [2.75, 3.05) is 18.4 Å². The maximum atomic E-state index is 12.9. The molecule has 7 heteroatoms. The molecule has 158 valence electrons. The number of nitrogens with one attached hydrogen (secondary N) is 2. The zero-order valence-electron chi connectivity index (χ0n) is 17.7. The zero-order valence-corrected chi connectivity index (χ0v) is 18.5. The summed E-state index contributed by atoms with van der Waals surface area (Å²) in [6, 6.07) is 7.72. The van der Waals surface area contributed by atoms with Crippen LogP contribution in [0.5, 0.6) is 0 Å². The second-order valence-electron chi connectivity index (χ2n) is 6.95. The molecule has 0 unspecified atom stereocenters. The molecule has 0 saturated heterocycles. The molecule has 0 aliphatic carbocycles. The van der Waals surface area contributed by atoms with Crippen LogP contribution in [0, 0.1) is 0 Å². The van der Waals surface area contributed by atoms with Crippen LogP contribution in [-0.2, 0) is 13.0 Å². The SMILES string of the molecule is CCCCNC(=O)c1csc(CN(CCCC)C(=O)Nc2ccccc2CC)n1. The minimum atomic E-state index is -0.151. The predicted octanol–water partition coefficient (Wildman–Crippen LogP) is 5.07. The smallest absolute Gasteiger partial charge is 0.322 e. The first-order valence-corrected chi connectivity index (χ1v) is 11.3. The number of hydrogen-bond donors (Lipinski definition) is 2. The number of nitrogens with zero attached hydrogens (tertiary/aromatic N) is 2. The lowest BCUT2D eigenvalue weighted by atomic mass is 10.1. The van der Waals surface area contributed by atoms with Crippen molar-refractivity contribution in [2.24, 2.45) is 0 Å². The van der Waals surface area contributed by atoms with Crippen LogP contribution in [0.3, 0.4) is 0 Å². The molecular formula is C22H32N4O2S. The number of hydrogen-bond acceptors (Lipinski definition) is 4. The van der Waals surface area contributed by atoms with Gasteiger partial charge in [0.05, 0.1) is 6.54 Å². The lowest BCUT2D eigenvalue weighted by molar-refractivity contribution is 0.0948. The van der Waals surface area contributed by atoms with E-state index in [-0.39, 0.29) is 11.9 Å². The van der Waals surface area contributed by atoms with Gasteiger partial charge in [-0.1, -0.05) is 51.8 Å². The van der Waals surface area contributed by atoms with E-state index >= 15 is 0 Å². The Morgan fingerprint density at radius 1 is 1.10 bits per heavy atom. The van der Waals surface area contributed by atoms with Crippen LogP contribution in [0.4, 0.5) is 10.5 Å². The van der Waals surface area contributed by atoms with Gasteiger partial charge in [0.1, 0.15) is 10.7 Å². The Morgan fingerprint density at radius 2 is 1.86 bits per heavy atom. The van der Waals surface area contributed by atoms with E-state index in [1.165, 1.54) is 11.3 Å². The highest BCUT2D eigenvalue weighted by Gasteiger charge is 2.18. The Bertz CT molecular complexity index is 791. The van der Waals surface area contributed by atoms with Gasteiger partial charge >= 0.3 is 6.03 Å². The molecule has 0 atom stereocenters. The Kier molecular flexibility index (Phi) is 9.64. The van der Waals surface area contributed by atoms with Gasteiger partial charge in [0.15, 0.2) is 0 Å². The molecule has 0 aliphatic heterocycles. The number of unbranched alkanes of at least 4 members (excludes halogenated alkanes) is 2. The molecular weight excluding hydrogens is 384 g/mol. The van der Waals surface area contributed by atoms with E-state index in [0.29, 0.717) is 25.3 Å². The van der Waals surface area contributed by atoms with E-state index in [0.717, 1.165) is 48.4 Å². The van der Waals surface area contributed by atoms with E-state index in [1.807, 2.05) is 24.3 Å². The lowest BCUT2D eigenvalue weighted by Crippen LogP contribution is -2.35. The topological polar surface area (TPSA) is 74.3 Å². The summed E-state index contributed by atoms with van der Waals surface area (Å²) in [5.74, 6) is -0.151. The fourth-order valence-corrected chi connectivity index (χ4v) is 3.66. The van der Waals surface area contributed by atoms with Crippen molar-refractivity contribution < 1.29 is 9.59 Å². The third kappa shape index (κ3) is 7.16. The molecule has 0 aliphatic rings. The number of para-hydroxylation sites is 1. The Labute approximate surface area is 177 Å². The number of rotatable bonds is 11. The van der Waals surface area contributed by atoms with Crippen molar-refractivity contribution >= 4 is 29.0 Å². The van der Waals surface area contributed by atoms with Gasteiger partial charge in [0, 0.05) is 24.2 Å². The van der Waals surface area contributed by atoms with Crippen molar-refractivity contribution in [1.82, 2.24) is 15.2 Å². The Hall–Kier alpha value is -2.41. The first kappa shape index (κ1) is 22.9. The van der Waals surface area contributed by atoms with Crippen LogP contribution >= 0.6 is 11.3 Å². The Morgan fingerprint density at radius 3 is 2.59 bits per heavy atom. The number of aromatic nitrogens is 1. The number of urea groups is 1. The highest BCUT2D eigenvalue weighted by molar-refractivity contribution is 7.09. The number of carbonyl (C=O) groups is 2. The van der Waals surface area contributed by atoms with Crippen molar-refractivity contribution in [3.05, 3.63) is 45.9 Å². The monoisotopic (exact) mass is 416 g/mol. The second kappa shape index (κ2) is 12.2. The van der Waals surface area contributed by atoms with Gasteiger partial charge in [-0.2, -0.15) is 0 Å². The maximum absolute atomic E-state index is 12.9. The van der Waals surface area contributed by atoms with Gasteiger partial charge in [-0.3, -0.25) is 4.79 Å². The summed E-state index contributed by atoms with van der Waals surface area (Å²) in [7, 11) is 0. The molecule has 3 amide bonds. The Balaban J connectivity index is 2.04. The maximum Gasteiger partial charge on any atom is 0.322 e. The normalized spacial score (nSPS) is 10.6. The van der Waals surface area contributed by atoms with Crippen LogP contribution < -0.4 is 10.6 Å². The molecule has 6 nitrogen and oxygen atoms in total. The van der Waals surface area contributed by atoms with Gasteiger partial charge in [0.2, 0.25) is 0 Å². The van der Waals surface area contributed by atoms with Crippen molar-refractivity contribution in [3.63, 3.8) is 0 Å². The summed E-state index contributed by atoms with van der Waals surface area (Å²) in [4.78, 5) is 31.3. The highest BCUT2D eigenvalue weighted by Crippen LogP contribution is 2.18. The average Bonchev–Trinajstić information content (AvgIpc) is 3.20. The molecule has 1 aromatic heterocycles. The van der Waals surface area contributed by atoms with Gasteiger partial charge < -0.3 is 15.5 Å². The number of benzene rings is 1. The molecule has 0 radical (unpaired) electrons. The van der Waals surface area contributed by atoms with Crippen LogP contribution in [0.1, 0.15) is 67.5 Å². The largest absolute Gasteiger partial charge is 0.351 e. The predicted molar refractivity (Wildman–Crippen MR) is 120 cm³/mol. The number of thiazole rings is 1. The first-order chi connectivity index (χ1) is 14.1. The standard InChI is InChI=1S/C22H32N4O2S/c1-4-7-13-23-21(27)19-16-29-20(24-19)15-26(14-8-5-2)22(28)25-18-12-10-9-11-17(18)6-3/h9-12,16H,4-8,13-15H2,1-3H3,(H,23,27)(H,25,28). The number of anilines is 1. The summed E-state index contributed by atoms with van der Waals surface area (Å²) < 4.78 is 0.